The van der Waals surface area contributed by atoms with Gasteiger partial charge in [-0.25, -0.2) is 0 Å². The summed E-state index contributed by atoms with van der Waals surface area (Å²) < 4.78 is 0. The van der Waals surface area contributed by atoms with Gasteiger partial charge in [0.25, 0.3) is 0 Å². The number of carboxylic acids is 1. The van der Waals surface area contributed by atoms with E-state index in [-0.39, 0.29) is 18.9 Å². The highest BCUT2D eigenvalue weighted by Crippen LogP contribution is 2.15. The molecule has 0 saturated carbocycles. The van der Waals surface area contributed by atoms with Gasteiger partial charge in [0, 0.05) is 6.42 Å². The van der Waals surface area contributed by atoms with E-state index < -0.39 is 24.3 Å². The van der Waals surface area contributed by atoms with Crippen LogP contribution in [0.5, 0.6) is 0 Å². The first-order chi connectivity index (χ1) is 11.3. The van der Waals surface area contributed by atoms with Crippen molar-refractivity contribution in [1.82, 2.24) is 0 Å². The monoisotopic (exact) mass is 348 g/mol. The molecule has 0 fully saturated rings. The highest BCUT2D eigenvalue weighted by atomic mass is 16.4. The lowest BCUT2D eigenvalue weighted by Gasteiger charge is -2.22. The van der Waals surface area contributed by atoms with Crippen molar-refractivity contribution in [3.63, 3.8) is 0 Å². The fourth-order valence-electron chi connectivity index (χ4n) is 2.72. The molecule has 0 amide bonds. The first kappa shape index (κ1) is 23.3. The minimum atomic E-state index is -1.28. The molecule has 0 aliphatic rings. The van der Waals surface area contributed by atoms with Crippen LogP contribution in [0, 0.1) is 0 Å². The topological polar surface area (TPSA) is 118 Å². The Balaban J connectivity index is 3.50. The van der Waals surface area contributed by atoms with Gasteiger partial charge in [-0.1, -0.05) is 51.4 Å². The summed E-state index contributed by atoms with van der Waals surface area (Å²) in [5.74, 6) is -1.03. The predicted molar refractivity (Wildman–Crippen MR) is 92.7 cm³/mol. The van der Waals surface area contributed by atoms with Crippen molar-refractivity contribution in [3.05, 3.63) is 0 Å². The Kier molecular flexibility index (Phi) is 14.2. The molecule has 0 saturated heterocycles. The molecule has 0 aromatic rings. The molecular weight excluding hydrogens is 312 g/mol. The van der Waals surface area contributed by atoms with Crippen LogP contribution in [0.25, 0.3) is 0 Å². The lowest BCUT2D eigenvalue weighted by Crippen LogP contribution is -2.37. The van der Waals surface area contributed by atoms with Crippen molar-refractivity contribution >= 4 is 5.97 Å². The third kappa shape index (κ3) is 13.7. The molecule has 144 valence electrons. The van der Waals surface area contributed by atoms with E-state index in [0.717, 1.165) is 44.9 Å². The van der Waals surface area contributed by atoms with Gasteiger partial charge in [-0.05, 0) is 26.2 Å². The Morgan fingerprint density at radius 2 is 1.12 bits per heavy atom. The minimum Gasteiger partial charge on any atom is -0.481 e. The summed E-state index contributed by atoms with van der Waals surface area (Å²) in [4.78, 5) is 10.4. The Morgan fingerprint density at radius 3 is 1.58 bits per heavy atom. The molecule has 0 bridgehead atoms. The van der Waals surface area contributed by atoms with Gasteiger partial charge < -0.3 is 25.5 Å². The smallest absolute Gasteiger partial charge is 0.303 e. The van der Waals surface area contributed by atoms with Crippen LogP contribution < -0.4 is 0 Å². The molecule has 0 aliphatic heterocycles. The van der Waals surface area contributed by atoms with Gasteiger partial charge in [-0.3, -0.25) is 4.79 Å². The zero-order valence-corrected chi connectivity index (χ0v) is 14.9. The van der Waals surface area contributed by atoms with E-state index in [1.807, 2.05) is 6.92 Å². The summed E-state index contributed by atoms with van der Waals surface area (Å²) >= 11 is 0. The fraction of sp³-hybridized carbons (Fsp3) is 0.944. The maximum atomic E-state index is 10.4. The number of aliphatic hydroxyl groups is 4. The van der Waals surface area contributed by atoms with E-state index in [9.17, 15) is 20.1 Å². The number of hydrogen-bond acceptors (Lipinski definition) is 5. The van der Waals surface area contributed by atoms with Crippen LogP contribution in [-0.4, -0.2) is 55.9 Å². The molecule has 0 aromatic carbocycles. The minimum absolute atomic E-state index is 0.0530. The van der Waals surface area contributed by atoms with Crippen LogP contribution >= 0.6 is 0 Å². The van der Waals surface area contributed by atoms with Gasteiger partial charge in [-0.2, -0.15) is 0 Å². The average Bonchev–Trinajstić information content (AvgIpc) is 2.52. The van der Waals surface area contributed by atoms with Crippen molar-refractivity contribution in [2.75, 3.05) is 0 Å². The van der Waals surface area contributed by atoms with Crippen molar-refractivity contribution in [3.8, 4) is 0 Å². The molecule has 0 aromatic heterocycles. The second kappa shape index (κ2) is 14.6. The Hall–Kier alpha value is -0.690. The zero-order valence-electron chi connectivity index (χ0n) is 14.9. The molecular formula is C18H36O6. The third-order valence-corrected chi connectivity index (χ3v) is 4.31. The summed E-state index contributed by atoms with van der Waals surface area (Å²) in [5, 5.41) is 46.9. The van der Waals surface area contributed by atoms with Crippen LogP contribution in [0.1, 0.15) is 84.0 Å². The molecule has 5 N–H and O–H groups in total. The molecule has 24 heavy (non-hydrogen) atoms. The number of rotatable bonds is 16. The van der Waals surface area contributed by atoms with Gasteiger partial charge in [0.1, 0.15) is 6.10 Å². The van der Waals surface area contributed by atoms with Crippen LogP contribution in [0.4, 0.5) is 0 Å². The van der Waals surface area contributed by atoms with Crippen molar-refractivity contribution in [2.24, 2.45) is 0 Å². The van der Waals surface area contributed by atoms with Crippen LogP contribution in [0.2, 0.25) is 0 Å². The molecule has 0 radical (unpaired) electrons. The maximum Gasteiger partial charge on any atom is 0.303 e. The molecule has 6 heteroatoms. The van der Waals surface area contributed by atoms with E-state index in [1.54, 1.807) is 0 Å². The van der Waals surface area contributed by atoms with Gasteiger partial charge >= 0.3 is 5.97 Å². The summed E-state index contributed by atoms with van der Waals surface area (Å²) in [6.07, 6.45) is 5.92. The van der Waals surface area contributed by atoms with Crippen LogP contribution in [0.15, 0.2) is 0 Å². The van der Waals surface area contributed by atoms with Crippen molar-refractivity contribution < 1.29 is 30.3 Å². The van der Waals surface area contributed by atoms with E-state index >= 15 is 0 Å². The SMILES string of the molecule is CC(O)CCCCCCCCCCC(O)C(O)C(O)CCC(=O)O. The lowest BCUT2D eigenvalue weighted by molar-refractivity contribution is -0.138. The van der Waals surface area contributed by atoms with Crippen molar-refractivity contribution in [2.45, 2.75) is 108 Å². The van der Waals surface area contributed by atoms with E-state index in [0.29, 0.717) is 6.42 Å². The first-order valence-corrected chi connectivity index (χ1v) is 9.28. The average molecular weight is 348 g/mol. The molecule has 4 atom stereocenters. The number of carboxylic acid groups (broad SMARTS) is 1. The number of aliphatic hydroxyl groups excluding tert-OH is 4. The second-order valence-electron chi connectivity index (χ2n) is 6.81. The number of hydrogen-bond donors (Lipinski definition) is 5. The quantitative estimate of drug-likeness (QED) is 0.273. The maximum absolute atomic E-state index is 10.4. The normalized spacial score (nSPS) is 16.5. The molecule has 0 heterocycles. The summed E-state index contributed by atoms with van der Waals surface area (Å²) in [7, 11) is 0. The molecule has 4 unspecified atom stereocenters. The number of aliphatic carboxylic acids is 1. The standard InChI is InChI=1S/C18H36O6/c1-14(19)10-8-6-4-2-3-5-7-9-11-15(20)18(24)16(21)12-13-17(22)23/h14-16,18-21,24H,2-13H2,1H3,(H,22,23). The number of carbonyl (C=O) groups is 1. The third-order valence-electron chi connectivity index (χ3n) is 4.31. The zero-order chi connectivity index (χ0) is 18.4. The van der Waals surface area contributed by atoms with Crippen molar-refractivity contribution in [1.29, 1.82) is 0 Å². The van der Waals surface area contributed by atoms with Gasteiger partial charge in [-0.15, -0.1) is 0 Å². The summed E-state index contributed by atoms with van der Waals surface area (Å²) in [6.45, 7) is 1.82. The van der Waals surface area contributed by atoms with Crippen LogP contribution in [0.3, 0.4) is 0 Å². The van der Waals surface area contributed by atoms with Gasteiger partial charge in [0.15, 0.2) is 0 Å². The predicted octanol–water partition coefficient (Wildman–Crippen LogP) is 2.22. The highest BCUT2D eigenvalue weighted by molar-refractivity contribution is 5.66. The highest BCUT2D eigenvalue weighted by Gasteiger charge is 2.24. The Labute approximate surface area is 145 Å². The molecule has 0 rings (SSSR count). The fourth-order valence-corrected chi connectivity index (χ4v) is 2.72. The summed E-state index contributed by atoms with van der Waals surface area (Å²) in [6, 6.07) is 0. The van der Waals surface area contributed by atoms with E-state index in [4.69, 9.17) is 10.2 Å². The number of unbranched alkanes of at least 4 members (excludes halogenated alkanes) is 7. The first-order valence-electron chi connectivity index (χ1n) is 9.28. The van der Waals surface area contributed by atoms with E-state index in [2.05, 4.69) is 0 Å². The molecule has 0 spiro atoms. The van der Waals surface area contributed by atoms with Gasteiger partial charge in [0.2, 0.25) is 0 Å². The Morgan fingerprint density at radius 1 is 0.708 bits per heavy atom. The molecule has 0 aliphatic carbocycles. The van der Waals surface area contributed by atoms with Gasteiger partial charge in [0.05, 0.1) is 18.3 Å². The Bertz CT molecular complexity index is 308. The summed E-state index contributed by atoms with van der Waals surface area (Å²) in [5.41, 5.74) is 0. The van der Waals surface area contributed by atoms with Crippen LogP contribution in [-0.2, 0) is 4.79 Å². The largest absolute Gasteiger partial charge is 0.481 e. The second-order valence-corrected chi connectivity index (χ2v) is 6.81. The molecule has 6 nitrogen and oxygen atoms in total. The van der Waals surface area contributed by atoms with E-state index in [1.165, 1.54) is 12.8 Å². The lowest BCUT2D eigenvalue weighted by atomic mass is 9.98.